The van der Waals surface area contributed by atoms with Gasteiger partial charge in [-0.25, -0.2) is 4.39 Å². The molecule has 1 aromatic carbocycles. The highest BCUT2D eigenvalue weighted by Gasteiger charge is 2.08. The molecular formula is C11H13FN2. The fourth-order valence-electron chi connectivity index (χ4n) is 1.69. The monoisotopic (exact) mass is 192 g/mol. The number of benzene rings is 1. The van der Waals surface area contributed by atoms with E-state index in [-0.39, 0.29) is 5.82 Å². The molecule has 0 atom stereocenters. The Morgan fingerprint density at radius 2 is 2.21 bits per heavy atom. The van der Waals surface area contributed by atoms with Crippen LogP contribution in [0.3, 0.4) is 0 Å². The van der Waals surface area contributed by atoms with Crippen LogP contribution in [0.1, 0.15) is 12.0 Å². The topological polar surface area (TPSA) is 38.0 Å². The van der Waals surface area contributed by atoms with Crippen LogP contribution in [-0.2, 0) is 0 Å². The standard InChI is InChI=1S/C11H13FN2/c12-9-1-2-10(11(13)7-9)8-3-5-14-6-4-8/h1-3,7,14H,4-6,13H2. The summed E-state index contributed by atoms with van der Waals surface area (Å²) in [5.41, 5.74) is 8.45. The van der Waals surface area contributed by atoms with E-state index in [1.54, 1.807) is 6.07 Å². The van der Waals surface area contributed by atoms with Crippen molar-refractivity contribution in [1.29, 1.82) is 0 Å². The number of nitrogens with two attached hydrogens (primary N) is 1. The van der Waals surface area contributed by atoms with E-state index in [4.69, 9.17) is 5.73 Å². The lowest BCUT2D eigenvalue weighted by Crippen LogP contribution is -2.20. The molecule has 1 aliphatic rings. The highest BCUT2D eigenvalue weighted by atomic mass is 19.1. The van der Waals surface area contributed by atoms with Gasteiger partial charge < -0.3 is 11.1 Å². The molecule has 2 rings (SSSR count). The third-order valence-corrected chi connectivity index (χ3v) is 2.42. The predicted molar refractivity (Wildman–Crippen MR) is 56.3 cm³/mol. The minimum absolute atomic E-state index is 0.277. The maximum Gasteiger partial charge on any atom is 0.125 e. The van der Waals surface area contributed by atoms with E-state index in [9.17, 15) is 4.39 Å². The number of anilines is 1. The largest absolute Gasteiger partial charge is 0.398 e. The molecule has 74 valence electrons. The number of nitrogens with one attached hydrogen (secondary N) is 1. The maximum atomic E-state index is 12.8. The lowest BCUT2D eigenvalue weighted by Gasteiger charge is -2.15. The molecule has 0 saturated carbocycles. The van der Waals surface area contributed by atoms with E-state index in [0.29, 0.717) is 5.69 Å². The first-order valence-corrected chi connectivity index (χ1v) is 4.72. The Balaban J connectivity index is 2.35. The summed E-state index contributed by atoms with van der Waals surface area (Å²) in [7, 11) is 0. The van der Waals surface area contributed by atoms with Crippen molar-refractivity contribution >= 4 is 11.3 Å². The van der Waals surface area contributed by atoms with Gasteiger partial charge in [0.25, 0.3) is 0 Å². The normalized spacial score (nSPS) is 16.5. The van der Waals surface area contributed by atoms with Crippen LogP contribution in [0.2, 0.25) is 0 Å². The van der Waals surface area contributed by atoms with Crippen molar-refractivity contribution in [3.8, 4) is 0 Å². The van der Waals surface area contributed by atoms with Gasteiger partial charge in [0, 0.05) is 17.8 Å². The van der Waals surface area contributed by atoms with Gasteiger partial charge in [-0.1, -0.05) is 6.08 Å². The molecule has 1 heterocycles. The van der Waals surface area contributed by atoms with E-state index >= 15 is 0 Å². The van der Waals surface area contributed by atoms with Gasteiger partial charge in [-0.05, 0) is 36.7 Å². The van der Waals surface area contributed by atoms with Gasteiger partial charge in [-0.2, -0.15) is 0 Å². The second-order valence-electron chi connectivity index (χ2n) is 3.42. The van der Waals surface area contributed by atoms with Crippen molar-refractivity contribution in [3.05, 3.63) is 35.7 Å². The van der Waals surface area contributed by atoms with Crippen LogP contribution >= 0.6 is 0 Å². The van der Waals surface area contributed by atoms with Gasteiger partial charge in [-0.15, -0.1) is 0 Å². The minimum atomic E-state index is -0.277. The molecule has 2 nitrogen and oxygen atoms in total. The van der Waals surface area contributed by atoms with Gasteiger partial charge in [0.1, 0.15) is 5.82 Å². The summed E-state index contributed by atoms with van der Waals surface area (Å²) in [6.45, 7) is 1.83. The molecule has 3 heteroatoms. The molecule has 0 saturated heterocycles. The Hall–Kier alpha value is -1.35. The van der Waals surface area contributed by atoms with Crippen molar-refractivity contribution < 1.29 is 4.39 Å². The van der Waals surface area contributed by atoms with Crippen LogP contribution in [0.4, 0.5) is 10.1 Å². The average Bonchev–Trinajstić information content (AvgIpc) is 2.19. The molecule has 0 unspecified atom stereocenters. The summed E-state index contributed by atoms with van der Waals surface area (Å²) in [6.07, 6.45) is 3.06. The Morgan fingerprint density at radius 1 is 1.36 bits per heavy atom. The highest BCUT2D eigenvalue weighted by Crippen LogP contribution is 2.25. The number of hydrogen-bond acceptors (Lipinski definition) is 2. The van der Waals surface area contributed by atoms with Gasteiger partial charge in [0.05, 0.1) is 0 Å². The summed E-state index contributed by atoms with van der Waals surface area (Å²) in [5, 5.41) is 3.22. The van der Waals surface area contributed by atoms with E-state index in [2.05, 4.69) is 11.4 Å². The maximum absolute atomic E-state index is 12.8. The first-order chi connectivity index (χ1) is 6.77. The summed E-state index contributed by atoms with van der Waals surface area (Å²) < 4.78 is 12.8. The summed E-state index contributed by atoms with van der Waals surface area (Å²) in [4.78, 5) is 0. The fraction of sp³-hybridized carbons (Fsp3) is 0.273. The molecule has 0 aromatic heterocycles. The Morgan fingerprint density at radius 3 is 2.86 bits per heavy atom. The molecule has 3 N–H and O–H groups in total. The van der Waals surface area contributed by atoms with Crippen LogP contribution in [0.5, 0.6) is 0 Å². The van der Waals surface area contributed by atoms with E-state index in [1.807, 2.05) is 0 Å². The SMILES string of the molecule is Nc1cc(F)ccc1C1=CCNCC1. The average molecular weight is 192 g/mol. The predicted octanol–water partition coefficient (Wildman–Crippen LogP) is 1.78. The zero-order chi connectivity index (χ0) is 9.97. The molecular weight excluding hydrogens is 179 g/mol. The van der Waals surface area contributed by atoms with Crippen molar-refractivity contribution in [2.75, 3.05) is 18.8 Å². The Labute approximate surface area is 82.6 Å². The van der Waals surface area contributed by atoms with Crippen LogP contribution in [0.15, 0.2) is 24.3 Å². The summed E-state index contributed by atoms with van der Waals surface area (Å²) >= 11 is 0. The molecule has 0 aliphatic carbocycles. The van der Waals surface area contributed by atoms with Gasteiger partial charge in [0.2, 0.25) is 0 Å². The Bertz CT molecular complexity index is 372. The molecule has 1 aliphatic heterocycles. The van der Waals surface area contributed by atoms with Crippen molar-refractivity contribution in [2.45, 2.75) is 6.42 Å². The van der Waals surface area contributed by atoms with Gasteiger partial charge in [-0.3, -0.25) is 0 Å². The van der Waals surface area contributed by atoms with Crippen LogP contribution in [0.25, 0.3) is 5.57 Å². The van der Waals surface area contributed by atoms with Crippen molar-refractivity contribution in [3.63, 3.8) is 0 Å². The van der Waals surface area contributed by atoms with Crippen molar-refractivity contribution in [1.82, 2.24) is 5.32 Å². The van der Waals surface area contributed by atoms with Gasteiger partial charge >= 0.3 is 0 Å². The zero-order valence-electron chi connectivity index (χ0n) is 7.89. The van der Waals surface area contributed by atoms with E-state index in [0.717, 1.165) is 25.1 Å². The minimum Gasteiger partial charge on any atom is -0.398 e. The molecule has 0 bridgehead atoms. The summed E-state index contributed by atoms with van der Waals surface area (Å²) in [6, 6.07) is 4.58. The van der Waals surface area contributed by atoms with Gasteiger partial charge in [0.15, 0.2) is 0 Å². The van der Waals surface area contributed by atoms with Crippen LogP contribution in [0, 0.1) is 5.82 Å². The highest BCUT2D eigenvalue weighted by molar-refractivity contribution is 5.75. The molecule has 0 amide bonds. The first kappa shape index (κ1) is 9.21. The second-order valence-corrected chi connectivity index (χ2v) is 3.42. The first-order valence-electron chi connectivity index (χ1n) is 4.72. The third kappa shape index (κ3) is 1.77. The Kier molecular flexibility index (Phi) is 2.50. The van der Waals surface area contributed by atoms with E-state index < -0.39 is 0 Å². The van der Waals surface area contributed by atoms with Crippen LogP contribution in [-0.4, -0.2) is 13.1 Å². The molecule has 0 radical (unpaired) electrons. The third-order valence-electron chi connectivity index (χ3n) is 2.42. The molecule has 0 fully saturated rings. The number of halogens is 1. The van der Waals surface area contributed by atoms with Crippen molar-refractivity contribution in [2.24, 2.45) is 0 Å². The molecule has 14 heavy (non-hydrogen) atoms. The molecule has 0 spiro atoms. The van der Waals surface area contributed by atoms with Crippen LogP contribution < -0.4 is 11.1 Å². The number of rotatable bonds is 1. The molecule has 1 aromatic rings. The fourth-order valence-corrected chi connectivity index (χ4v) is 1.69. The quantitative estimate of drug-likeness (QED) is 0.666. The second kappa shape index (κ2) is 3.80. The number of nitrogen functional groups attached to an aromatic ring is 1. The zero-order valence-corrected chi connectivity index (χ0v) is 7.89. The lowest BCUT2D eigenvalue weighted by atomic mass is 9.99. The summed E-state index contributed by atoms with van der Waals surface area (Å²) in [5.74, 6) is -0.277. The van der Waals surface area contributed by atoms with E-state index in [1.165, 1.54) is 17.7 Å². The smallest absolute Gasteiger partial charge is 0.125 e. The lowest BCUT2D eigenvalue weighted by molar-refractivity contribution is 0.628. The number of hydrogen-bond donors (Lipinski definition) is 2.